The Morgan fingerprint density at radius 2 is 1.70 bits per heavy atom. The van der Waals surface area contributed by atoms with E-state index < -0.39 is 0 Å². The Morgan fingerprint density at radius 1 is 1.10 bits per heavy atom. The fraction of sp³-hybridized carbons (Fsp3) is 0.389. The highest BCUT2D eigenvalue weighted by Gasteiger charge is 2.50. The van der Waals surface area contributed by atoms with Crippen molar-refractivity contribution in [1.82, 2.24) is 5.32 Å². The van der Waals surface area contributed by atoms with E-state index in [2.05, 4.69) is 41.7 Å². The van der Waals surface area contributed by atoms with Gasteiger partial charge in [0.25, 0.3) is 0 Å². The normalized spacial score (nSPS) is 19.9. The molecular formula is C18H19NO. The van der Waals surface area contributed by atoms with Crippen molar-refractivity contribution in [3.63, 3.8) is 0 Å². The van der Waals surface area contributed by atoms with E-state index in [9.17, 15) is 4.79 Å². The van der Waals surface area contributed by atoms with Gasteiger partial charge in [-0.1, -0.05) is 36.4 Å². The fourth-order valence-electron chi connectivity index (χ4n) is 3.96. The van der Waals surface area contributed by atoms with Crippen LogP contribution >= 0.6 is 0 Å². The van der Waals surface area contributed by atoms with Gasteiger partial charge in [-0.05, 0) is 53.5 Å². The lowest BCUT2D eigenvalue weighted by molar-refractivity contribution is -0.120. The third-order valence-corrected chi connectivity index (χ3v) is 5.01. The summed E-state index contributed by atoms with van der Waals surface area (Å²) in [6.45, 7) is 1.64. The average Bonchev–Trinajstić information content (AvgIpc) is 3.19. The minimum Gasteiger partial charge on any atom is -0.351 e. The van der Waals surface area contributed by atoms with Crippen molar-refractivity contribution in [3.8, 4) is 0 Å². The molecule has 2 heteroatoms. The molecule has 1 saturated carbocycles. The molecule has 2 aliphatic carbocycles. The maximum Gasteiger partial charge on any atom is 0.217 e. The molecule has 1 fully saturated rings. The van der Waals surface area contributed by atoms with Gasteiger partial charge in [0, 0.05) is 12.5 Å². The molecular weight excluding hydrogens is 246 g/mol. The lowest BCUT2D eigenvalue weighted by Crippen LogP contribution is -2.44. The Bertz CT molecular complexity index is 659. The number of nitrogens with one attached hydrogen (secondary N) is 1. The average molecular weight is 265 g/mol. The van der Waals surface area contributed by atoms with Gasteiger partial charge in [0.05, 0.1) is 0 Å². The van der Waals surface area contributed by atoms with Crippen LogP contribution < -0.4 is 5.32 Å². The second-order valence-corrected chi connectivity index (χ2v) is 6.37. The molecule has 0 bridgehead atoms. The van der Waals surface area contributed by atoms with Crippen LogP contribution in [0.1, 0.15) is 30.9 Å². The molecule has 0 spiro atoms. The monoisotopic (exact) mass is 265 g/mol. The van der Waals surface area contributed by atoms with E-state index in [-0.39, 0.29) is 11.4 Å². The Labute approximate surface area is 119 Å². The van der Waals surface area contributed by atoms with Crippen LogP contribution in [-0.2, 0) is 17.6 Å². The molecule has 4 rings (SSSR count). The molecule has 0 radical (unpaired) electrons. The summed E-state index contributed by atoms with van der Waals surface area (Å²) in [5.74, 6) is 0.659. The van der Waals surface area contributed by atoms with Crippen LogP contribution in [0.2, 0.25) is 0 Å². The van der Waals surface area contributed by atoms with Crippen LogP contribution in [0.4, 0.5) is 0 Å². The van der Waals surface area contributed by atoms with Gasteiger partial charge in [-0.3, -0.25) is 4.79 Å². The molecule has 0 heterocycles. The summed E-state index contributed by atoms with van der Waals surface area (Å²) in [7, 11) is 0. The Hall–Kier alpha value is -1.83. The van der Waals surface area contributed by atoms with Gasteiger partial charge in [-0.25, -0.2) is 0 Å². The van der Waals surface area contributed by atoms with Crippen LogP contribution in [0.3, 0.4) is 0 Å². The molecule has 0 atom stereocenters. The highest BCUT2D eigenvalue weighted by atomic mass is 16.1. The molecule has 2 aromatic carbocycles. The summed E-state index contributed by atoms with van der Waals surface area (Å²) in [5.41, 5.74) is 2.97. The van der Waals surface area contributed by atoms with Crippen molar-refractivity contribution in [3.05, 3.63) is 47.5 Å². The minimum atomic E-state index is 0.0710. The van der Waals surface area contributed by atoms with Crippen LogP contribution in [0, 0.1) is 5.92 Å². The number of rotatable bonds is 2. The molecule has 20 heavy (non-hydrogen) atoms. The smallest absolute Gasteiger partial charge is 0.217 e. The van der Waals surface area contributed by atoms with E-state index >= 15 is 0 Å². The molecule has 2 aliphatic rings. The predicted molar refractivity (Wildman–Crippen MR) is 80.6 cm³/mol. The van der Waals surface area contributed by atoms with Gasteiger partial charge in [0.2, 0.25) is 5.91 Å². The second kappa shape index (κ2) is 4.08. The fourth-order valence-corrected chi connectivity index (χ4v) is 3.96. The molecule has 102 valence electrons. The Balaban J connectivity index is 1.75. The molecule has 0 unspecified atom stereocenters. The molecule has 0 aromatic heterocycles. The predicted octanol–water partition coefficient (Wildman–Crippen LogP) is 3.22. The van der Waals surface area contributed by atoms with Crippen molar-refractivity contribution in [2.24, 2.45) is 5.92 Å². The van der Waals surface area contributed by atoms with E-state index in [0.29, 0.717) is 5.92 Å². The minimum absolute atomic E-state index is 0.0710. The standard InChI is InChI=1S/C18H19NO/c1-12(20)19-18(8-9-18)16-10-14-6-2-4-13-5-3-7-15(11-16)17(13)14/h2-7,16H,8-11H2,1H3,(H,19,20). The van der Waals surface area contributed by atoms with Crippen LogP contribution in [-0.4, -0.2) is 11.4 Å². The number of benzene rings is 2. The zero-order valence-corrected chi connectivity index (χ0v) is 11.8. The first-order valence-electron chi connectivity index (χ1n) is 7.46. The molecule has 1 amide bonds. The Morgan fingerprint density at radius 3 is 2.20 bits per heavy atom. The van der Waals surface area contributed by atoms with Crippen molar-refractivity contribution in [2.75, 3.05) is 0 Å². The van der Waals surface area contributed by atoms with Crippen molar-refractivity contribution >= 4 is 16.7 Å². The highest BCUT2D eigenvalue weighted by Crippen LogP contribution is 2.48. The van der Waals surface area contributed by atoms with Crippen LogP contribution in [0.5, 0.6) is 0 Å². The largest absolute Gasteiger partial charge is 0.351 e. The summed E-state index contributed by atoms with van der Waals surface area (Å²) in [6, 6.07) is 13.2. The second-order valence-electron chi connectivity index (χ2n) is 6.37. The van der Waals surface area contributed by atoms with Gasteiger partial charge < -0.3 is 5.32 Å². The molecule has 2 nitrogen and oxygen atoms in total. The number of carbonyl (C=O) groups excluding carboxylic acids is 1. The van der Waals surface area contributed by atoms with Crippen molar-refractivity contribution in [2.45, 2.75) is 38.1 Å². The van der Waals surface area contributed by atoms with Crippen LogP contribution in [0.25, 0.3) is 10.8 Å². The van der Waals surface area contributed by atoms with E-state index in [4.69, 9.17) is 0 Å². The first-order valence-corrected chi connectivity index (χ1v) is 7.46. The summed E-state index contributed by atoms with van der Waals surface area (Å²) in [4.78, 5) is 11.5. The molecule has 0 aliphatic heterocycles. The third-order valence-electron chi connectivity index (χ3n) is 5.01. The lowest BCUT2D eigenvalue weighted by Gasteiger charge is -2.32. The van der Waals surface area contributed by atoms with Gasteiger partial charge >= 0.3 is 0 Å². The van der Waals surface area contributed by atoms with Crippen LogP contribution in [0.15, 0.2) is 36.4 Å². The maximum absolute atomic E-state index is 11.5. The van der Waals surface area contributed by atoms with Gasteiger partial charge in [-0.2, -0.15) is 0 Å². The van der Waals surface area contributed by atoms with Gasteiger partial charge in [0.15, 0.2) is 0 Å². The zero-order chi connectivity index (χ0) is 13.7. The first kappa shape index (κ1) is 12.0. The third kappa shape index (κ3) is 1.75. The maximum atomic E-state index is 11.5. The number of hydrogen-bond acceptors (Lipinski definition) is 1. The van der Waals surface area contributed by atoms with Crippen molar-refractivity contribution < 1.29 is 4.79 Å². The Kier molecular flexibility index (Phi) is 2.44. The molecule has 1 N–H and O–H groups in total. The lowest BCUT2D eigenvalue weighted by atomic mass is 9.77. The molecule has 0 saturated heterocycles. The number of carbonyl (C=O) groups is 1. The van der Waals surface area contributed by atoms with E-state index in [0.717, 1.165) is 25.7 Å². The SMILES string of the molecule is CC(=O)NC1(C2Cc3cccc4cccc(c34)C2)CC1. The van der Waals surface area contributed by atoms with Crippen molar-refractivity contribution in [1.29, 1.82) is 0 Å². The summed E-state index contributed by atoms with van der Waals surface area (Å²) in [5, 5.41) is 6.02. The number of hydrogen-bond donors (Lipinski definition) is 1. The molecule has 2 aromatic rings. The van der Waals surface area contributed by atoms with E-state index in [1.165, 1.54) is 21.9 Å². The van der Waals surface area contributed by atoms with E-state index in [1.54, 1.807) is 6.92 Å². The number of amides is 1. The quantitative estimate of drug-likeness (QED) is 0.887. The first-order chi connectivity index (χ1) is 9.68. The zero-order valence-electron chi connectivity index (χ0n) is 11.8. The van der Waals surface area contributed by atoms with E-state index in [1.807, 2.05) is 0 Å². The highest BCUT2D eigenvalue weighted by molar-refractivity contribution is 5.89. The van der Waals surface area contributed by atoms with Gasteiger partial charge in [-0.15, -0.1) is 0 Å². The topological polar surface area (TPSA) is 29.1 Å². The van der Waals surface area contributed by atoms with Gasteiger partial charge in [0.1, 0.15) is 0 Å². The summed E-state index contributed by atoms with van der Waals surface area (Å²) >= 11 is 0. The summed E-state index contributed by atoms with van der Waals surface area (Å²) < 4.78 is 0. The summed E-state index contributed by atoms with van der Waals surface area (Å²) in [6.07, 6.45) is 4.45.